The van der Waals surface area contributed by atoms with E-state index in [4.69, 9.17) is 9.84 Å². The number of carbonyl (C=O) groups is 1. The number of ether oxygens (including phenoxy) is 1. The van der Waals surface area contributed by atoms with E-state index in [9.17, 15) is 4.79 Å². The monoisotopic (exact) mass is 185 g/mol. The molecule has 74 valence electrons. The van der Waals surface area contributed by atoms with Crippen molar-refractivity contribution in [2.75, 3.05) is 32.8 Å². The molecule has 0 saturated carbocycles. The summed E-state index contributed by atoms with van der Waals surface area (Å²) in [4.78, 5) is 12.4. The minimum Gasteiger partial charge on any atom is -0.478 e. The van der Waals surface area contributed by atoms with E-state index in [2.05, 4.69) is 4.90 Å². The van der Waals surface area contributed by atoms with Gasteiger partial charge in [-0.05, 0) is 6.42 Å². The van der Waals surface area contributed by atoms with Crippen LogP contribution in [0.4, 0.5) is 0 Å². The van der Waals surface area contributed by atoms with Crippen molar-refractivity contribution in [2.45, 2.75) is 6.42 Å². The summed E-state index contributed by atoms with van der Waals surface area (Å²) in [5.41, 5.74) is 0. The van der Waals surface area contributed by atoms with Gasteiger partial charge in [-0.1, -0.05) is 6.08 Å². The van der Waals surface area contributed by atoms with Gasteiger partial charge in [0.15, 0.2) is 0 Å². The zero-order chi connectivity index (χ0) is 9.52. The van der Waals surface area contributed by atoms with Crippen molar-refractivity contribution < 1.29 is 14.6 Å². The molecule has 1 aliphatic rings. The molecule has 0 aromatic heterocycles. The lowest BCUT2D eigenvalue weighted by Crippen LogP contribution is -2.36. The van der Waals surface area contributed by atoms with Gasteiger partial charge in [-0.3, -0.25) is 4.90 Å². The van der Waals surface area contributed by atoms with Crippen molar-refractivity contribution in [1.82, 2.24) is 4.90 Å². The van der Waals surface area contributed by atoms with E-state index in [0.717, 1.165) is 39.3 Å². The summed E-state index contributed by atoms with van der Waals surface area (Å²) < 4.78 is 5.19. The van der Waals surface area contributed by atoms with Gasteiger partial charge in [0.25, 0.3) is 0 Å². The maximum Gasteiger partial charge on any atom is 0.327 e. The molecule has 0 aliphatic carbocycles. The fraction of sp³-hybridized carbons (Fsp3) is 0.667. The number of aliphatic carboxylic acids is 1. The molecule has 1 rings (SSSR count). The molecule has 0 unspecified atom stereocenters. The van der Waals surface area contributed by atoms with Crippen LogP contribution >= 0.6 is 0 Å². The van der Waals surface area contributed by atoms with Crippen LogP contribution < -0.4 is 0 Å². The number of hydrogen-bond acceptors (Lipinski definition) is 3. The van der Waals surface area contributed by atoms with Crippen LogP contribution in [-0.4, -0.2) is 48.8 Å². The SMILES string of the molecule is O=C(O)/C=C\CCN1CCOCC1. The maximum absolute atomic E-state index is 10.1. The van der Waals surface area contributed by atoms with Gasteiger partial charge in [0.2, 0.25) is 0 Å². The lowest BCUT2D eigenvalue weighted by molar-refractivity contribution is -0.131. The van der Waals surface area contributed by atoms with Crippen molar-refractivity contribution in [2.24, 2.45) is 0 Å². The maximum atomic E-state index is 10.1. The number of hydrogen-bond donors (Lipinski definition) is 1. The summed E-state index contributed by atoms with van der Waals surface area (Å²) in [7, 11) is 0. The molecule has 0 atom stereocenters. The second-order valence-corrected chi connectivity index (χ2v) is 2.98. The lowest BCUT2D eigenvalue weighted by Gasteiger charge is -2.25. The van der Waals surface area contributed by atoms with Gasteiger partial charge in [-0.25, -0.2) is 4.79 Å². The normalized spacial score (nSPS) is 19.4. The molecule has 1 saturated heterocycles. The van der Waals surface area contributed by atoms with Gasteiger partial charge in [-0.15, -0.1) is 0 Å². The zero-order valence-electron chi connectivity index (χ0n) is 7.61. The van der Waals surface area contributed by atoms with Crippen LogP contribution in [0.25, 0.3) is 0 Å². The number of rotatable bonds is 4. The average Bonchev–Trinajstić information content (AvgIpc) is 2.14. The van der Waals surface area contributed by atoms with Gasteiger partial charge in [0.05, 0.1) is 13.2 Å². The fourth-order valence-electron chi connectivity index (χ4n) is 1.27. The Morgan fingerprint density at radius 3 is 2.77 bits per heavy atom. The second kappa shape index (κ2) is 5.72. The third-order valence-corrected chi connectivity index (χ3v) is 1.98. The first-order valence-electron chi connectivity index (χ1n) is 4.48. The summed E-state index contributed by atoms with van der Waals surface area (Å²) in [6.07, 6.45) is 3.69. The number of nitrogens with zero attached hydrogens (tertiary/aromatic N) is 1. The van der Waals surface area contributed by atoms with E-state index >= 15 is 0 Å². The third-order valence-electron chi connectivity index (χ3n) is 1.98. The molecular formula is C9H15NO3. The first-order valence-corrected chi connectivity index (χ1v) is 4.48. The molecule has 1 N–H and O–H groups in total. The van der Waals surface area contributed by atoms with E-state index in [1.54, 1.807) is 6.08 Å². The largest absolute Gasteiger partial charge is 0.478 e. The molecule has 0 spiro atoms. The molecule has 4 nitrogen and oxygen atoms in total. The summed E-state index contributed by atoms with van der Waals surface area (Å²) in [6, 6.07) is 0. The van der Waals surface area contributed by atoms with Crippen molar-refractivity contribution >= 4 is 5.97 Å². The Hall–Kier alpha value is -0.870. The predicted octanol–water partition coefficient (Wildman–Crippen LogP) is 0.350. The minimum absolute atomic E-state index is 0.794. The van der Waals surface area contributed by atoms with E-state index in [-0.39, 0.29) is 0 Å². The van der Waals surface area contributed by atoms with Gasteiger partial charge in [0.1, 0.15) is 0 Å². The fourth-order valence-corrected chi connectivity index (χ4v) is 1.27. The summed E-state index contributed by atoms with van der Waals surface area (Å²) in [6.45, 7) is 4.43. The summed E-state index contributed by atoms with van der Waals surface area (Å²) in [5, 5.41) is 8.33. The van der Waals surface area contributed by atoms with Crippen LogP contribution in [0.1, 0.15) is 6.42 Å². The third kappa shape index (κ3) is 4.65. The van der Waals surface area contributed by atoms with E-state index in [1.807, 2.05) is 0 Å². The molecule has 1 heterocycles. The molecular weight excluding hydrogens is 170 g/mol. The second-order valence-electron chi connectivity index (χ2n) is 2.98. The van der Waals surface area contributed by atoms with Crippen molar-refractivity contribution in [3.8, 4) is 0 Å². The van der Waals surface area contributed by atoms with Crippen molar-refractivity contribution in [1.29, 1.82) is 0 Å². The molecule has 0 radical (unpaired) electrons. The lowest BCUT2D eigenvalue weighted by atomic mass is 10.3. The molecule has 1 fully saturated rings. The Bertz CT molecular complexity index is 185. The Balaban J connectivity index is 2.07. The molecule has 0 amide bonds. The van der Waals surface area contributed by atoms with E-state index in [0.29, 0.717) is 0 Å². The molecule has 1 aliphatic heterocycles. The first kappa shape index (κ1) is 10.2. The van der Waals surface area contributed by atoms with Crippen LogP contribution in [0.15, 0.2) is 12.2 Å². The van der Waals surface area contributed by atoms with Crippen LogP contribution in [0.3, 0.4) is 0 Å². The Kier molecular flexibility index (Phi) is 4.49. The van der Waals surface area contributed by atoms with Gasteiger partial charge in [-0.2, -0.15) is 0 Å². The first-order chi connectivity index (χ1) is 6.29. The molecule has 0 bridgehead atoms. The number of carboxylic acids is 1. The molecule has 0 aromatic rings. The van der Waals surface area contributed by atoms with Crippen LogP contribution in [0, 0.1) is 0 Å². The molecule has 0 aromatic carbocycles. The van der Waals surface area contributed by atoms with Crippen LogP contribution in [-0.2, 0) is 9.53 Å². The quantitative estimate of drug-likeness (QED) is 0.642. The van der Waals surface area contributed by atoms with Crippen LogP contribution in [0.2, 0.25) is 0 Å². The Morgan fingerprint density at radius 1 is 1.46 bits per heavy atom. The van der Waals surface area contributed by atoms with E-state index in [1.165, 1.54) is 6.08 Å². The Morgan fingerprint density at radius 2 is 2.15 bits per heavy atom. The number of carboxylic acid groups (broad SMARTS) is 1. The highest BCUT2D eigenvalue weighted by Crippen LogP contribution is 1.98. The molecule has 4 heteroatoms. The highest BCUT2D eigenvalue weighted by atomic mass is 16.5. The van der Waals surface area contributed by atoms with Gasteiger partial charge in [0, 0.05) is 25.7 Å². The minimum atomic E-state index is -0.873. The van der Waals surface area contributed by atoms with Crippen LogP contribution in [0.5, 0.6) is 0 Å². The van der Waals surface area contributed by atoms with Gasteiger partial charge < -0.3 is 9.84 Å². The topological polar surface area (TPSA) is 49.8 Å². The smallest absolute Gasteiger partial charge is 0.327 e. The highest BCUT2D eigenvalue weighted by molar-refractivity contribution is 5.79. The highest BCUT2D eigenvalue weighted by Gasteiger charge is 2.08. The average molecular weight is 185 g/mol. The predicted molar refractivity (Wildman–Crippen MR) is 48.7 cm³/mol. The molecule has 13 heavy (non-hydrogen) atoms. The standard InChI is InChI=1S/C9H15NO3/c11-9(12)3-1-2-4-10-5-7-13-8-6-10/h1,3H,2,4-8H2,(H,11,12)/b3-1-. The van der Waals surface area contributed by atoms with Crippen molar-refractivity contribution in [3.63, 3.8) is 0 Å². The van der Waals surface area contributed by atoms with Crippen molar-refractivity contribution in [3.05, 3.63) is 12.2 Å². The van der Waals surface area contributed by atoms with Gasteiger partial charge >= 0.3 is 5.97 Å². The summed E-state index contributed by atoms with van der Waals surface area (Å²) >= 11 is 0. The number of morpholine rings is 1. The van der Waals surface area contributed by atoms with E-state index < -0.39 is 5.97 Å². The summed E-state index contributed by atoms with van der Waals surface area (Å²) in [5.74, 6) is -0.873. The Labute approximate surface area is 77.8 Å². The zero-order valence-corrected chi connectivity index (χ0v) is 7.61.